The molecule has 0 radical (unpaired) electrons. The molecule has 2 N–H and O–H groups in total. The van der Waals surface area contributed by atoms with E-state index in [9.17, 15) is 0 Å². The number of aromatic nitrogens is 3. The van der Waals surface area contributed by atoms with Crippen molar-refractivity contribution < 1.29 is 0 Å². The summed E-state index contributed by atoms with van der Waals surface area (Å²) < 4.78 is 2.06. The van der Waals surface area contributed by atoms with Crippen LogP contribution in [0.15, 0.2) is 47.9 Å². The van der Waals surface area contributed by atoms with E-state index in [2.05, 4.69) is 39.8 Å². The van der Waals surface area contributed by atoms with Crippen LogP contribution in [-0.4, -0.2) is 14.4 Å². The standard InChI is InChI=1S/C14H14N4S/c1-10-2-4-13-17-12(8-18(13)7-10)9-19-14-5-3-11(15)6-16-14/h2-8H,9,15H2,1H3. The summed E-state index contributed by atoms with van der Waals surface area (Å²) in [5.41, 5.74) is 9.55. The molecule has 0 aliphatic heterocycles. The Morgan fingerprint density at radius 1 is 1.21 bits per heavy atom. The molecule has 3 heterocycles. The Morgan fingerprint density at radius 3 is 2.89 bits per heavy atom. The third-order valence-electron chi connectivity index (χ3n) is 2.78. The van der Waals surface area contributed by atoms with Crippen molar-refractivity contribution in [3.05, 3.63) is 54.1 Å². The van der Waals surface area contributed by atoms with Gasteiger partial charge in [0.2, 0.25) is 0 Å². The maximum Gasteiger partial charge on any atom is 0.137 e. The second kappa shape index (κ2) is 4.93. The average Bonchev–Trinajstić information content (AvgIpc) is 2.80. The molecular formula is C14H14N4S. The van der Waals surface area contributed by atoms with Crippen molar-refractivity contribution in [3.8, 4) is 0 Å². The van der Waals surface area contributed by atoms with Crippen LogP contribution in [0.2, 0.25) is 0 Å². The average molecular weight is 270 g/mol. The number of rotatable bonds is 3. The van der Waals surface area contributed by atoms with Crippen LogP contribution < -0.4 is 5.73 Å². The zero-order chi connectivity index (χ0) is 13.2. The van der Waals surface area contributed by atoms with Gasteiger partial charge in [-0.3, -0.25) is 0 Å². The highest BCUT2D eigenvalue weighted by atomic mass is 32.2. The van der Waals surface area contributed by atoms with Crippen molar-refractivity contribution in [1.29, 1.82) is 0 Å². The molecule has 0 amide bonds. The molecule has 0 fully saturated rings. The summed E-state index contributed by atoms with van der Waals surface area (Å²) in [4.78, 5) is 8.84. The normalized spacial score (nSPS) is 11.0. The van der Waals surface area contributed by atoms with Gasteiger partial charge in [0.1, 0.15) is 5.65 Å². The van der Waals surface area contributed by atoms with E-state index in [1.54, 1.807) is 18.0 Å². The second-order valence-corrected chi connectivity index (χ2v) is 5.42. The SMILES string of the molecule is Cc1ccc2nc(CSc3ccc(N)cn3)cn2c1. The van der Waals surface area contributed by atoms with Gasteiger partial charge in [-0.05, 0) is 30.7 Å². The Labute approximate surface area is 115 Å². The first-order chi connectivity index (χ1) is 9.20. The zero-order valence-electron chi connectivity index (χ0n) is 10.6. The Kier molecular flexibility index (Phi) is 3.13. The number of pyridine rings is 2. The molecule has 0 saturated carbocycles. The minimum absolute atomic E-state index is 0.688. The van der Waals surface area contributed by atoms with Gasteiger partial charge in [-0.2, -0.15) is 0 Å². The summed E-state index contributed by atoms with van der Waals surface area (Å²) in [5.74, 6) is 0.803. The van der Waals surface area contributed by atoms with Crippen LogP contribution in [-0.2, 0) is 5.75 Å². The van der Waals surface area contributed by atoms with Crippen LogP contribution >= 0.6 is 11.8 Å². The van der Waals surface area contributed by atoms with Gasteiger partial charge in [-0.25, -0.2) is 9.97 Å². The van der Waals surface area contributed by atoms with E-state index in [0.717, 1.165) is 22.1 Å². The molecule has 0 atom stereocenters. The Hall–Kier alpha value is -2.01. The minimum Gasteiger partial charge on any atom is -0.397 e. The van der Waals surface area contributed by atoms with Crippen molar-refractivity contribution >= 4 is 23.1 Å². The lowest BCUT2D eigenvalue weighted by atomic mass is 10.3. The fraction of sp³-hybridized carbons (Fsp3) is 0.143. The lowest BCUT2D eigenvalue weighted by Gasteiger charge is -1.98. The second-order valence-electron chi connectivity index (χ2n) is 4.42. The van der Waals surface area contributed by atoms with Crippen molar-refractivity contribution in [3.63, 3.8) is 0 Å². The first kappa shape index (κ1) is 12.0. The van der Waals surface area contributed by atoms with Gasteiger partial charge in [-0.15, -0.1) is 0 Å². The van der Waals surface area contributed by atoms with Gasteiger partial charge in [0.25, 0.3) is 0 Å². The van der Waals surface area contributed by atoms with E-state index in [1.807, 2.05) is 18.2 Å². The smallest absolute Gasteiger partial charge is 0.137 e. The molecule has 19 heavy (non-hydrogen) atoms. The highest BCUT2D eigenvalue weighted by Crippen LogP contribution is 2.21. The maximum absolute atomic E-state index is 5.61. The Bertz CT molecular complexity index is 703. The molecule has 0 spiro atoms. The van der Waals surface area contributed by atoms with Crippen molar-refractivity contribution in [2.24, 2.45) is 0 Å². The van der Waals surface area contributed by atoms with Crippen molar-refractivity contribution in [2.45, 2.75) is 17.7 Å². The number of anilines is 1. The van der Waals surface area contributed by atoms with Crippen LogP contribution in [0.1, 0.15) is 11.3 Å². The summed E-state index contributed by atoms with van der Waals surface area (Å²) in [6.45, 7) is 2.08. The minimum atomic E-state index is 0.688. The van der Waals surface area contributed by atoms with Crippen LogP contribution in [0.4, 0.5) is 5.69 Å². The number of fused-ring (bicyclic) bond motifs is 1. The summed E-state index contributed by atoms with van der Waals surface area (Å²) in [6.07, 6.45) is 5.82. The molecule has 0 aliphatic rings. The van der Waals surface area contributed by atoms with Gasteiger partial charge in [0.15, 0.2) is 0 Å². The summed E-state index contributed by atoms with van der Waals surface area (Å²) in [5, 5.41) is 0.961. The molecule has 3 aromatic rings. The number of thioether (sulfide) groups is 1. The van der Waals surface area contributed by atoms with E-state index in [0.29, 0.717) is 5.69 Å². The predicted molar refractivity (Wildman–Crippen MR) is 78.1 cm³/mol. The Morgan fingerprint density at radius 2 is 2.11 bits per heavy atom. The van der Waals surface area contributed by atoms with E-state index in [4.69, 9.17) is 5.73 Å². The van der Waals surface area contributed by atoms with Crippen molar-refractivity contribution in [2.75, 3.05) is 5.73 Å². The number of nitrogens with two attached hydrogens (primary N) is 1. The number of hydrogen-bond acceptors (Lipinski definition) is 4. The lowest BCUT2D eigenvalue weighted by Crippen LogP contribution is -1.87. The third-order valence-corrected chi connectivity index (χ3v) is 3.75. The summed E-state index contributed by atoms with van der Waals surface area (Å²) in [7, 11) is 0. The molecule has 96 valence electrons. The fourth-order valence-corrected chi connectivity index (χ4v) is 2.58. The van der Waals surface area contributed by atoms with Crippen LogP contribution in [0, 0.1) is 6.92 Å². The molecule has 0 unspecified atom stereocenters. The highest BCUT2D eigenvalue weighted by molar-refractivity contribution is 7.98. The molecule has 0 aliphatic carbocycles. The first-order valence-electron chi connectivity index (χ1n) is 5.99. The third kappa shape index (κ3) is 2.71. The molecule has 3 rings (SSSR count). The van der Waals surface area contributed by atoms with Gasteiger partial charge >= 0.3 is 0 Å². The summed E-state index contributed by atoms with van der Waals surface area (Å²) in [6, 6.07) is 7.90. The van der Waals surface area contributed by atoms with Gasteiger partial charge in [0, 0.05) is 18.1 Å². The summed E-state index contributed by atoms with van der Waals surface area (Å²) >= 11 is 1.66. The number of hydrogen-bond donors (Lipinski definition) is 1. The predicted octanol–water partition coefficient (Wildman–Crippen LogP) is 2.91. The van der Waals surface area contributed by atoms with E-state index < -0.39 is 0 Å². The largest absolute Gasteiger partial charge is 0.397 e. The molecule has 0 bridgehead atoms. The molecular weight excluding hydrogens is 256 g/mol. The van der Waals surface area contributed by atoms with E-state index in [1.165, 1.54) is 5.56 Å². The van der Waals surface area contributed by atoms with Gasteiger partial charge in [0.05, 0.1) is 22.6 Å². The van der Waals surface area contributed by atoms with Crippen molar-refractivity contribution in [1.82, 2.24) is 14.4 Å². The maximum atomic E-state index is 5.61. The molecule has 0 aromatic carbocycles. The number of aryl methyl sites for hydroxylation is 1. The van der Waals surface area contributed by atoms with E-state index in [-0.39, 0.29) is 0 Å². The van der Waals surface area contributed by atoms with Gasteiger partial charge < -0.3 is 10.1 Å². The monoisotopic (exact) mass is 270 g/mol. The number of nitrogen functional groups attached to an aromatic ring is 1. The zero-order valence-corrected chi connectivity index (χ0v) is 11.4. The molecule has 3 aromatic heterocycles. The molecule has 4 nitrogen and oxygen atoms in total. The Balaban J connectivity index is 1.76. The first-order valence-corrected chi connectivity index (χ1v) is 6.98. The number of imidazole rings is 1. The van der Waals surface area contributed by atoms with Gasteiger partial charge in [-0.1, -0.05) is 17.8 Å². The molecule has 0 saturated heterocycles. The van der Waals surface area contributed by atoms with Crippen LogP contribution in [0.5, 0.6) is 0 Å². The highest BCUT2D eigenvalue weighted by Gasteiger charge is 2.03. The topological polar surface area (TPSA) is 56.2 Å². The van der Waals surface area contributed by atoms with Crippen LogP contribution in [0.25, 0.3) is 5.65 Å². The van der Waals surface area contributed by atoms with E-state index >= 15 is 0 Å². The molecule has 5 heteroatoms. The lowest BCUT2D eigenvalue weighted by molar-refractivity contribution is 1.13. The fourth-order valence-electron chi connectivity index (χ4n) is 1.85. The quantitative estimate of drug-likeness (QED) is 0.743. The van der Waals surface area contributed by atoms with Crippen LogP contribution in [0.3, 0.4) is 0 Å². The number of nitrogens with zero attached hydrogens (tertiary/aromatic N) is 3.